The molecule has 3 aromatic carbocycles. The molecule has 0 N–H and O–H groups in total. The number of rotatable bonds is 2. The van der Waals surface area contributed by atoms with Crippen LogP contribution in [0.1, 0.15) is 5.56 Å². The Morgan fingerprint density at radius 3 is 2.19 bits per heavy atom. The van der Waals surface area contributed by atoms with Crippen molar-refractivity contribution in [2.45, 2.75) is 0 Å². The lowest BCUT2D eigenvalue weighted by Gasteiger charge is -2.06. The molecule has 2 heterocycles. The zero-order valence-corrected chi connectivity index (χ0v) is 14.4. The summed E-state index contributed by atoms with van der Waals surface area (Å²) in [6.45, 7) is 0. The minimum absolute atomic E-state index is 0.603. The second-order valence-electron chi connectivity index (χ2n) is 6.46. The van der Waals surface area contributed by atoms with Crippen LogP contribution in [0.2, 0.25) is 0 Å². The summed E-state index contributed by atoms with van der Waals surface area (Å²) in [5.74, 6) is 0. The normalized spacial score (nSPS) is 10.9. The van der Waals surface area contributed by atoms with Gasteiger partial charge in [-0.05, 0) is 59.2 Å². The summed E-state index contributed by atoms with van der Waals surface area (Å²) in [6, 6.07) is 26.4. The van der Waals surface area contributed by atoms with E-state index in [1.54, 1.807) is 12.3 Å². The third kappa shape index (κ3) is 2.65. The lowest BCUT2D eigenvalue weighted by atomic mass is 9.99. The lowest BCUT2D eigenvalue weighted by molar-refractivity contribution is 0.669. The van der Waals surface area contributed by atoms with E-state index in [9.17, 15) is 0 Å². The lowest BCUT2D eigenvalue weighted by Crippen LogP contribution is -1.82. The van der Waals surface area contributed by atoms with E-state index in [1.807, 2.05) is 24.4 Å². The molecule has 0 fully saturated rings. The number of hydrogen-bond donors (Lipinski definition) is 0. The highest BCUT2D eigenvalue weighted by Gasteiger charge is 2.10. The molecule has 0 saturated heterocycles. The van der Waals surface area contributed by atoms with Crippen molar-refractivity contribution in [2.24, 2.45) is 0 Å². The molecule has 0 aliphatic carbocycles. The third-order valence-corrected chi connectivity index (χ3v) is 4.79. The molecule has 0 saturated carbocycles. The van der Waals surface area contributed by atoms with Crippen molar-refractivity contribution in [1.29, 1.82) is 5.26 Å². The summed E-state index contributed by atoms with van der Waals surface area (Å²) in [5, 5.41) is 11.2. The van der Waals surface area contributed by atoms with Gasteiger partial charge in [0.2, 0.25) is 0 Å². The molecule has 0 bridgehead atoms. The number of nitrogens with zero attached hydrogens (tertiary/aromatic N) is 2. The van der Waals surface area contributed by atoms with Gasteiger partial charge in [-0.2, -0.15) is 5.26 Å². The fourth-order valence-electron chi connectivity index (χ4n) is 3.44. The van der Waals surface area contributed by atoms with E-state index in [1.165, 1.54) is 0 Å². The molecule has 0 spiro atoms. The van der Waals surface area contributed by atoms with Gasteiger partial charge in [-0.1, -0.05) is 30.3 Å². The number of hydrogen-bond acceptors (Lipinski definition) is 3. The summed E-state index contributed by atoms with van der Waals surface area (Å²) >= 11 is 0. The highest BCUT2D eigenvalue weighted by Crippen LogP contribution is 2.33. The molecule has 0 atom stereocenters. The van der Waals surface area contributed by atoms with Crippen molar-refractivity contribution in [2.75, 3.05) is 0 Å². The first-order chi connectivity index (χ1) is 13.3. The van der Waals surface area contributed by atoms with Crippen molar-refractivity contribution >= 4 is 21.9 Å². The van der Waals surface area contributed by atoms with Crippen molar-refractivity contribution in [3.8, 4) is 28.3 Å². The summed E-state index contributed by atoms with van der Waals surface area (Å²) in [6.07, 6.45) is 3.65. The zero-order chi connectivity index (χ0) is 18.2. The number of benzene rings is 3. The Kier molecular flexibility index (Phi) is 3.48. The fourth-order valence-corrected chi connectivity index (χ4v) is 3.44. The fraction of sp³-hybridized carbons (Fsp3) is 0. The van der Waals surface area contributed by atoms with Crippen LogP contribution in [0.25, 0.3) is 44.2 Å². The second-order valence-corrected chi connectivity index (χ2v) is 6.46. The maximum absolute atomic E-state index is 9.09. The first-order valence-corrected chi connectivity index (χ1v) is 8.69. The third-order valence-electron chi connectivity index (χ3n) is 4.79. The van der Waals surface area contributed by atoms with Crippen LogP contribution in [0.4, 0.5) is 0 Å². The number of nitriles is 1. The van der Waals surface area contributed by atoms with Crippen LogP contribution in [0.15, 0.2) is 89.6 Å². The van der Waals surface area contributed by atoms with Crippen molar-refractivity contribution in [3.63, 3.8) is 0 Å². The molecule has 0 unspecified atom stereocenters. The minimum atomic E-state index is 0.603. The highest BCUT2D eigenvalue weighted by molar-refractivity contribution is 6.06. The molecule has 0 aliphatic heterocycles. The molecule has 27 heavy (non-hydrogen) atoms. The first kappa shape index (κ1) is 15.4. The van der Waals surface area contributed by atoms with Crippen LogP contribution >= 0.6 is 0 Å². The Hall–Kier alpha value is -3.90. The summed E-state index contributed by atoms with van der Waals surface area (Å²) in [5.41, 5.74) is 6.60. The minimum Gasteiger partial charge on any atom is -0.456 e. The summed E-state index contributed by atoms with van der Waals surface area (Å²) < 4.78 is 6.01. The van der Waals surface area contributed by atoms with Gasteiger partial charge in [-0.3, -0.25) is 4.98 Å². The van der Waals surface area contributed by atoms with E-state index in [2.05, 4.69) is 59.6 Å². The van der Waals surface area contributed by atoms with Gasteiger partial charge in [-0.25, -0.2) is 0 Å². The van der Waals surface area contributed by atoms with Gasteiger partial charge >= 0.3 is 0 Å². The van der Waals surface area contributed by atoms with E-state index in [4.69, 9.17) is 9.68 Å². The van der Waals surface area contributed by atoms with E-state index in [0.29, 0.717) is 5.56 Å². The van der Waals surface area contributed by atoms with E-state index < -0.39 is 0 Å². The molecular formula is C24H14N2O. The number of pyridine rings is 1. The van der Waals surface area contributed by atoms with Gasteiger partial charge in [0, 0.05) is 28.7 Å². The van der Waals surface area contributed by atoms with Crippen LogP contribution in [0.5, 0.6) is 0 Å². The van der Waals surface area contributed by atoms with Gasteiger partial charge in [0.15, 0.2) is 0 Å². The largest absolute Gasteiger partial charge is 0.456 e. The average Bonchev–Trinajstić information content (AvgIpc) is 3.11. The van der Waals surface area contributed by atoms with Crippen LogP contribution in [0, 0.1) is 11.3 Å². The second kappa shape index (κ2) is 6.12. The number of fused-ring (bicyclic) bond motifs is 3. The first-order valence-electron chi connectivity index (χ1n) is 8.69. The van der Waals surface area contributed by atoms with E-state index in [0.717, 1.165) is 44.2 Å². The van der Waals surface area contributed by atoms with Gasteiger partial charge in [0.25, 0.3) is 0 Å². The Morgan fingerprint density at radius 1 is 0.704 bits per heavy atom. The Bertz CT molecular complexity index is 1330. The number of aromatic nitrogens is 1. The SMILES string of the molecule is N#Cc1ccc2c(c1)oc1cc(-c3cccc(-c4cccnc4)c3)ccc12. The topological polar surface area (TPSA) is 49.8 Å². The average molecular weight is 346 g/mol. The predicted molar refractivity (Wildman–Crippen MR) is 107 cm³/mol. The monoisotopic (exact) mass is 346 g/mol. The van der Waals surface area contributed by atoms with E-state index in [-0.39, 0.29) is 0 Å². The summed E-state index contributed by atoms with van der Waals surface area (Å²) in [4.78, 5) is 4.20. The number of furan rings is 1. The molecule has 126 valence electrons. The van der Waals surface area contributed by atoms with Gasteiger partial charge in [-0.15, -0.1) is 0 Å². The van der Waals surface area contributed by atoms with Crippen LogP contribution in [-0.2, 0) is 0 Å². The van der Waals surface area contributed by atoms with E-state index >= 15 is 0 Å². The van der Waals surface area contributed by atoms with Crippen LogP contribution < -0.4 is 0 Å². The molecule has 5 rings (SSSR count). The van der Waals surface area contributed by atoms with Crippen LogP contribution in [0.3, 0.4) is 0 Å². The molecule has 5 aromatic rings. The predicted octanol–water partition coefficient (Wildman–Crippen LogP) is 6.19. The molecule has 0 radical (unpaired) electrons. The standard InChI is InChI=1S/C24H14N2O/c25-14-16-6-8-21-22-9-7-19(13-24(22)27-23(21)11-16)17-3-1-4-18(12-17)20-5-2-10-26-15-20/h1-13,15H. The smallest absolute Gasteiger partial charge is 0.136 e. The molecule has 2 aromatic heterocycles. The van der Waals surface area contributed by atoms with Crippen molar-refractivity contribution in [1.82, 2.24) is 4.98 Å². The van der Waals surface area contributed by atoms with Crippen LogP contribution in [-0.4, -0.2) is 4.98 Å². The Morgan fingerprint density at radius 2 is 1.41 bits per heavy atom. The Balaban J connectivity index is 1.63. The van der Waals surface area contributed by atoms with Gasteiger partial charge in [0.05, 0.1) is 11.6 Å². The zero-order valence-electron chi connectivity index (χ0n) is 14.4. The van der Waals surface area contributed by atoms with Crippen molar-refractivity contribution < 1.29 is 4.42 Å². The van der Waals surface area contributed by atoms with Gasteiger partial charge < -0.3 is 4.42 Å². The molecular weight excluding hydrogens is 332 g/mol. The molecule has 3 heteroatoms. The molecule has 0 aliphatic rings. The van der Waals surface area contributed by atoms with Gasteiger partial charge in [0.1, 0.15) is 11.2 Å². The molecule has 3 nitrogen and oxygen atoms in total. The highest BCUT2D eigenvalue weighted by atomic mass is 16.3. The summed E-state index contributed by atoms with van der Waals surface area (Å²) in [7, 11) is 0. The Labute approximate surface area is 156 Å². The molecule has 0 amide bonds. The quantitative estimate of drug-likeness (QED) is 0.383. The maximum Gasteiger partial charge on any atom is 0.136 e. The van der Waals surface area contributed by atoms with Crippen molar-refractivity contribution in [3.05, 3.63) is 90.8 Å². The maximum atomic E-state index is 9.09.